The molecule has 6 fully saturated rings. The van der Waals surface area contributed by atoms with Crippen LogP contribution in [0.3, 0.4) is 0 Å². The van der Waals surface area contributed by atoms with E-state index >= 15 is 0 Å². The molecule has 73 heavy (non-hydrogen) atoms. The molecule has 20 heteroatoms. The monoisotopic (exact) mass is 1040 g/mol. The molecule has 0 aromatic carbocycles. The summed E-state index contributed by atoms with van der Waals surface area (Å²) in [5.41, 5.74) is 4.38. The van der Waals surface area contributed by atoms with Gasteiger partial charge in [0, 0.05) is 0 Å². The molecule has 0 amide bonds. The molecule has 0 bridgehead atoms. The molecule has 29 atom stereocenters. The molecular weight excluding hydrogens is 957 g/mol. The minimum atomic E-state index is -1.73. The second-order valence-corrected chi connectivity index (χ2v) is 23.7. The fourth-order valence-corrected chi connectivity index (χ4v) is 14.7. The van der Waals surface area contributed by atoms with Crippen LogP contribution in [0.15, 0.2) is 34.9 Å². The Balaban J connectivity index is 0.848. The van der Waals surface area contributed by atoms with Crippen molar-refractivity contribution in [2.75, 3.05) is 19.8 Å². The van der Waals surface area contributed by atoms with E-state index in [2.05, 4.69) is 45.9 Å². The van der Waals surface area contributed by atoms with Crippen LogP contribution in [0.25, 0.3) is 0 Å². The lowest BCUT2D eigenvalue weighted by atomic mass is 9.47. The van der Waals surface area contributed by atoms with Gasteiger partial charge < -0.3 is 99.2 Å². The SMILES string of the molecule is CC(CCC1C=CC2=C([C@@H]1C)[C@@]1(C)CC[C@H]3[C@@H](CC=C4C[C@@H](O[C@@H]5O[C@H](CO)[C@@H](O[C@@H]6O[C@@H](C)[C@H](O)[C@@H](O)[C@H]6O)[C@H](O)[C@H]5O[C@@H]5O[C@@H](C)[C@H](O)[C@@H](O)[C@H]5O)CC[C@@]43C)[C@@H]1C2)CO[C@@H]1O[C@H](CO)[C@@H](O)[C@H](O)[C@H]1O. The standard InChI is InChI=1S/C53H84O20/c1-22(21-66-48-42(62)41(61)38(58)33(19-54)70-48)7-8-26-9-10-27-17-32-30-12-11-28-18-29(13-15-52(28,5)31(30)14-16-53(32,6)35(27)23(26)2)69-51-47(73-50-44(64)40(60)37(57)25(4)68-50)45(65)46(34(20-55)71-51)72-49-43(63)39(59)36(56)24(3)67-49/h9-11,22-26,29-34,36-51,54-65H,7-8,12-21H2,1-6H3/t22?,23-,24+,25+,26?,29+,30-,31+,32+,33-,34-,36+,37+,38-,39-,40-,41+,42-,43-,44-,45+,46-,47-,48-,49+,50+,51-,52+,53+/m1/s1. The molecule has 0 spiro atoms. The molecule has 5 aliphatic carbocycles. The van der Waals surface area contributed by atoms with Gasteiger partial charge in [-0.1, -0.05) is 57.1 Å². The molecule has 20 nitrogen and oxygen atoms in total. The van der Waals surface area contributed by atoms with Gasteiger partial charge in [-0.25, -0.2) is 0 Å². The van der Waals surface area contributed by atoms with Gasteiger partial charge in [0.15, 0.2) is 25.2 Å². The molecule has 0 radical (unpaired) electrons. The highest BCUT2D eigenvalue weighted by atomic mass is 16.8. The predicted octanol–water partition coefficient (Wildman–Crippen LogP) is -0.201. The third-order valence-corrected chi connectivity index (χ3v) is 19.2. The Morgan fingerprint density at radius 3 is 1.85 bits per heavy atom. The number of hydrogen-bond acceptors (Lipinski definition) is 20. The highest BCUT2D eigenvalue weighted by molar-refractivity contribution is 5.43. The van der Waals surface area contributed by atoms with Crippen LogP contribution in [-0.4, -0.2) is 210 Å². The van der Waals surface area contributed by atoms with Crippen LogP contribution < -0.4 is 0 Å². The van der Waals surface area contributed by atoms with Gasteiger partial charge in [0.25, 0.3) is 0 Å². The van der Waals surface area contributed by atoms with E-state index in [1.165, 1.54) is 25.0 Å². The Kier molecular flexibility index (Phi) is 17.1. The van der Waals surface area contributed by atoms with Gasteiger partial charge in [-0.15, -0.1) is 0 Å². The van der Waals surface area contributed by atoms with Gasteiger partial charge in [0.2, 0.25) is 0 Å². The average Bonchev–Trinajstić information content (AvgIpc) is 3.69. The number of rotatable bonds is 14. The predicted molar refractivity (Wildman–Crippen MR) is 255 cm³/mol. The molecule has 9 aliphatic rings. The van der Waals surface area contributed by atoms with Gasteiger partial charge in [0.1, 0.15) is 85.5 Å². The summed E-state index contributed by atoms with van der Waals surface area (Å²) in [5.74, 6) is 2.30. The first-order valence-corrected chi connectivity index (χ1v) is 26.9. The van der Waals surface area contributed by atoms with Crippen molar-refractivity contribution in [3.63, 3.8) is 0 Å². The van der Waals surface area contributed by atoms with Gasteiger partial charge >= 0.3 is 0 Å². The Morgan fingerprint density at radius 2 is 1.21 bits per heavy atom. The molecule has 0 aromatic heterocycles. The van der Waals surface area contributed by atoms with E-state index < -0.39 is 142 Å². The Hall–Kier alpha value is -1.58. The zero-order valence-corrected chi connectivity index (χ0v) is 42.9. The van der Waals surface area contributed by atoms with E-state index in [-0.39, 0.29) is 16.7 Å². The maximum absolute atomic E-state index is 12.1. The molecule has 4 aliphatic heterocycles. The number of ether oxygens (including phenoxy) is 8. The van der Waals surface area contributed by atoms with Gasteiger partial charge in [-0.3, -0.25) is 0 Å². The number of aliphatic hydroxyl groups is 12. The van der Waals surface area contributed by atoms with E-state index in [4.69, 9.17) is 37.9 Å². The van der Waals surface area contributed by atoms with Crippen LogP contribution in [0.4, 0.5) is 0 Å². The average molecular weight is 1040 g/mol. The summed E-state index contributed by atoms with van der Waals surface area (Å²) in [4.78, 5) is 0. The minimum Gasteiger partial charge on any atom is -0.394 e. The summed E-state index contributed by atoms with van der Waals surface area (Å²) in [5, 5.41) is 127. The van der Waals surface area contributed by atoms with E-state index in [1.54, 1.807) is 5.57 Å². The highest BCUT2D eigenvalue weighted by Crippen LogP contribution is 2.68. The second kappa shape index (κ2) is 22.3. The maximum Gasteiger partial charge on any atom is 0.187 e. The zero-order chi connectivity index (χ0) is 52.6. The first-order valence-electron chi connectivity index (χ1n) is 26.9. The zero-order valence-electron chi connectivity index (χ0n) is 42.9. The molecule has 2 unspecified atom stereocenters. The lowest BCUT2D eigenvalue weighted by Crippen LogP contribution is -2.66. The van der Waals surface area contributed by atoms with Gasteiger partial charge in [-0.2, -0.15) is 0 Å². The Labute approximate surface area is 427 Å². The fourth-order valence-electron chi connectivity index (χ4n) is 14.7. The highest BCUT2D eigenvalue weighted by Gasteiger charge is 2.60. The molecule has 4 heterocycles. The summed E-state index contributed by atoms with van der Waals surface area (Å²) in [7, 11) is 0. The molecular formula is C53H84O20. The summed E-state index contributed by atoms with van der Waals surface area (Å²) in [6.07, 6.45) is -13.5. The normalized spacial score (nSPS) is 52.4. The lowest BCUT2D eigenvalue weighted by Gasteiger charge is -2.58. The Morgan fingerprint density at radius 1 is 0.616 bits per heavy atom. The van der Waals surface area contributed by atoms with E-state index in [0.717, 1.165) is 44.9 Å². The fraction of sp³-hybridized carbons (Fsp3) is 0.887. The van der Waals surface area contributed by atoms with Crippen molar-refractivity contribution >= 4 is 0 Å². The van der Waals surface area contributed by atoms with Crippen molar-refractivity contribution < 1.29 is 99.2 Å². The Bertz CT molecular complexity index is 1990. The van der Waals surface area contributed by atoms with Crippen LogP contribution in [0.5, 0.6) is 0 Å². The number of fused-ring (bicyclic) bond motifs is 6. The van der Waals surface area contributed by atoms with E-state index in [9.17, 15) is 61.3 Å². The first kappa shape index (κ1) is 56.2. The van der Waals surface area contributed by atoms with E-state index in [0.29, 0.717) is 49.0 Å². The summed E-state index contributed by atoms with van der Waals surface area (Å²) in [6.45, 7) is 11.5. The summed E-state index contributed by atoms with van der Waals surface area (Å²) in [6, 6.07) is 0. The van der Waals surface area contributed by atoms with Crippen LogP contribution in [0, 0.1) is 46.3 Å². The molecule has 0 aromatic rings. The molecule has 2 saturated carbocycles. The summed E-state index contributed by atoms with van der Waals surface area (Å²) < 4.78 is 48.1. The van der Waals surface area contributed by atoms with Crippen molar-refractivity contribution in [2.24, 2.45) is 46.3 Å². The van der Waals surface area contributed by atoms with Crippen LogP contribution in [-0.2, 0) is 37.9 Å². The molecule has 4 saturated heterocycles. The molecule has 416 valence electrons. The van der Waals surface area contributed by atoms with Crippen molar-refractivity contribution in [2.45, 2.75) is 228 Å². The maximum atomic E-state index is 12.1. The van der Waals surface area contributed by atoms with Gasteiger partial charge in [-0.05, 0) is 124 Å². The largest absolute Gasteiger partial charge is 0.394 e. The number of aliphatic hydroxyl groups excluding tert-OH is 12. The minimum absolute atomic E-state index is 0.0693. The first-order chi connectivity index (χ1) is 34.6. The third kappa shape index (κ3) is 10.4. The smallest absolute Gasteiger partial charge is 0.187 e. The molecule has 9 rings (SSSR count). The second-order valence-electron chi connectivity index (χ2n) is 23.7. The van der Waals surface area contributed by atoms with Gasteiger partial charge in [0.05, 0.1) is 38.1 Å². The van der Waals surface area contributed by atoms with Crippen molar-refractivity contribution in [1.29, 1.82) is 0 Å². The van der Waals surface area contributed by atoms with Crippen molar-refractivity contribution in [1.82, 2.24) is 0 Å². The number of hydrogen-bond donors (Lipinski definition) is 12. The topological polar surface area (TPSA) is 317 Å². The lowest BCUT2D eigenvalue weighted by molar-refractivity contribution is -0.388. The third-order valence-electron chi connectivity index (χ3n) is 19.2. The van der Waals surface area contributed by atoms with Crippen LogP contribution >= 0.6 is 0 Å². The molecule has 12 N–H and O–H groups in total. The summed E-state index contributed by atoms with van der Waals surface area (Å²) >= 11 is 0. The van der Waals surface area contributed by atoms with E-state index in [1.807, 2.05) is 0 Å². The number of allylic oxidation sites excluding steroid dienone is 5. The van der Waals surface area contributed by atoms with Crippen molar-refractivity contribution in [3.05, 3.63) is 34.9 Å². The van der Waals surface area contributed by atoms with Crippen LogP contribution in [0.1, 0.15) is 99.3 Å². The van der Waals surface area contributed by atoms with Crippen molar-refractivity contribution in [3.8, 4) is 0 Å². The van der Waals surface area contributed by atoms with Crippen LogP contribution in [0.2, 0.25) is 0 Å². The quantitative estimate of drug-likeness (QED) is 0.100.